The molecular formula is C16H28N2OS. The molecule has 0 atom stereocenters. The lowest BCUT2D eigenvalue weighted by Gasteiger charge is -2.31. The van der Waals surface area contributed by atoms with Crippen LogP contribution in [0.25, 0.3) is 0 Å². The molecule has 0 unspecified atom stereocenters. The van der Waals surface area contributed by atoms with Gasteiger partial charge in [-0.2, -0.15) is 0 Å². The Morgan fingerprint density at radius 2 is 1.70 bits per heavy atom. The number of hydrogen-bond acceptors (Lipinski definition) is 2. The number of hydrogen-bond donors (Lipinski definition) is 2. The van der Waals surface area contributed by atoms with Crippen molar-refractivity contribution in [3.63, 3.8) is 0 Å². The quantitative estimate of drug-likeness (QED) is 0.605. The van der Waals surface area contributed by atoms with Crippen molar-refractivity contribution in [2.45, 2.75) is 65.2 Å². The summed E-state index contributed by atoms with van der Waals surface area (Å²) in [7, 11) is 0. The second kappa shape index (κ2) is 6.00. The first kappa shape index (κ1) is 15.7. The molecule has 3 nitrogen and oxygen atoms in total. The molecule has 0 saturated heterocycles. The normalized spacial score (nSPS) is 23.9. The van der Waals surface area contributed by atoms with Crippen LogP contribution in [0, 0.1) is 16.7 Å². The van der Waals surface area contributed by atoms with Crippen LogP contribution in [0.3, 0.4) is 0 Å². The number of amides is 1. The summed E-state index contributed by atoms with van der Waals surface area (Å²) in [6.45, 7) is 5.27. The number of rotatable bonds is 5. The van der Waals surface area contributed by atoms with Crippen molar-refractivity contribution < 1.29 is 4.79 Å². The molecule has 2 rings (SSSR count). The Kier molecular flexibility index (Phi) is 4.73. The van der Waals surface area contributed by atoms with Crippen molar-refractivity contribution in [2.75, 3.05) is 6.54 Å². The van der Waals surface area contributed by atoms with Gasteiger partial charge in [-0.25, -0.2) is 0 Å². The van der Waals surface area contributed by atoms with Crippen molar-refractivity contribution in [3.05, 3.63) is 0 Å². The molecule has 0 bridgehead atoms. The van der Waals surface area contributed by atoms with Gasteiger partial charge in [0.05, 0.1) is 10.4 Å². The van der Waals surface area contributed by atoms with E-state index in [-0.39, 0.29) is 5.91 Å². The fourth-order valence-corrected chi connectivity index (χ4v) is 3.76. The van der Waals surface area contributed by atoms with E-state index in [9.17, 15) is 4.79 Å². The Bertz CT molecular complexity index is 380. The monoisotopic (exact) mass is 296 g/mol. The number of nitrogens with two attached hydrogens (primary N) is 1. The highest BCUT2D eigenvalue weighted by molar-refractivity contribution is 7.80. The largest absolute Gasteiger partial charge is 0.392 e. The first-order valence-electron chi connectivity index (χ1n) is 8.01. The molecule has 0 radical (unpaired) electrons. The van der Waals surface area contributed by atoms with Gasteiger partial charge in [-0.15, -0.1) is 0 Å². The second-order valence-electron chi connectivity index (χ2n) is 7.06. The van der Waals surface area contributed by atoms with Crippen molar-refractivity contribution >= 4 is 23.1 Å². The summed E-state index contributed by atoms with van der Waals surface area (Å²) in [5, 5.41) is 3.18. The highest BCUT2D eigenvalue weighted by atomic mass is 32.1. The maximum Gasteiger partial charge on any atom is 0.233 e. The molecule has 0 spiro atoms. The van der Waals surface area contributed by atoms with Crippen LogP contribution < -0.4 is 11.1 Å². The van der Waals surface area contributed by atoms with E-state index in [0.29, 0.717) is 16.3 Å². The van der Waals surface area contributed by atoms with E-state index >= 15 is 0 Å². The van der Waals surface area contributed by atoms with Crippen LogP contribution in [0.1, 0.15) is 65.2 Å². The molecular weight excluding hydrogens is 268 g/mol. The standard InChI is InChI=1S/C16H28N2OS/c1-12(2)15(9-10-15)11-18-14(19)16(13(17)20)7-5-3-4-6-8-16/h12H,3-11H2,1-2H3,(H2,17,20)(H,18,19). The Labute approximate surface area is 128 Å². The molecule has 0 heterocycles. The predicted octanol–water partition coefficient (Wildman–Crippen LogP) is 3.17. The minimum absolute atomic E-state index is 0.0822. The molecule has 3 N–H and O–H groups in total. The highest BCUT2D eigenvalue weighted by Crippen LogP contribution is 2.51. The van der Waals surface area contributed by atoms with Gasteiger partial charge in [0, 0.05) is 6.54 Å². The van der Waals surface area contributed by atoms with E-state index in [0.717, 1.165) is 32.2 Å². The first-order chi connectivity index (χ1) is 9.43. The zero-order valence-electron chi connectivity index (χ0n) is 12.8. The van der Waals surface area contributed by atoms with Crippen molar-refractivity contribution in [3.8, 4) is 0 Å². The van der Waals surface area contributed by atoms with Gasteiger partial charge in [0.25, 0.3) is 0 Å². The van der Waals surface area contributed by atoms with E-state index in [4.69, 9.17) is 18.0 Å². The van der Waals surface area contributed by atoms with Crippen LogP contribution in [-0.4, -0.2) is 17.4 Å². The molecule has 0 aromatic carbocycles. The average molecular weight is 296 g/mol. The lowest BCUT2D eigenvalue weighted by molar-refractivity contribution is -0.128. The molecule has 2 aliphatic carbocycles. The molecule has 1 amide bonds. The zero-order valence-corrected chi connectivity index (χ0v) is 13.7. The molecule has 0 aromatic rings. The van der Waals surface area contributed by atoms with E-state index in [1.807, 2.05) is 0 Å². The number of nitrogens with one attached hydrogen (secondary N) is 1. The second-order valence-corrected chi connectivity index (χ2v) is 7.50. The first-order valence-corrected chi connectivity index (χ1v) is 8.42. The SMILES string of the molecule is CC(C)C1(CNC(=O)C2(C(N)=S)CCCCCC2)CC1. The molecule has 114 valence electrons. The Morgan fingerprint density at radius 1 is 1.15 bits per heavy atom. The maximum atomic E-state index is 12.7. The van der Waals surface area contributed by atoms with Crippen LogP contribution >= 0.6 is 12.2 Å². The van der Waals surface area contributed by atoms with Crippen molar-refractivity contribution in [1.29, 1.82) is 0 Å². The molecule has 2 saturated carbocycles. The zero-order chi connectivity index (χ0) is 14.8. The Hall–Kier alpha value is -0.640. The fourth-order valence-electron chi connectivity index (χ4n) is 3.46. The minimum Gasteiger partial charge on any atom is -0.392 e. The smallest absolute Gasteiger partial charge is 0.233 e. The van der Waals surface area contributed by atoms with E-state index in [1.54, 1.807) is 0 Å². The summed E-state index contributed by atoms with van der Waals surface area (Å²) < 4.78 is 0. The third kappa shape index (κ3) is 3.00. The molecule has 2 aliphatic rings. The van der Waals surface area contributed by atoms with Crippen LogP contribution in [0.15, 0.2) is 0 Å². The average Bonchev–Trinajstić information content (AvgIpc) is 3.20. The van der Waals surface area contributed by atoms with Gasteiger partial charge in [0.15, 0.2) is 0 Å². The van der Waals surface area contributed by atoms with Crippen LogP contribution in [0.4, 0.5) is 0 Å². The van der Waals surface area contributed by atoms with Crippen LogP contribution in [0.5, 0.6) is 0 Å². The number of carbonyl (C=O) groups excluding carboxylic acids is 1. The summed E-state index contributed by atoms with van der Waals surface area (Å²) >= 11 is 5.26. The highest BCUT2D eigenvalue weighted by Gasteiger charge is 2.47. The van der Waals surface area contributed by atoms with E-state index in [2.05, 4.69) is 19.2 Å². The van der Waals surface area contributed by atoms with Gasteiger partial charge in [0.2, 0.25) is 5.91 Å². The van der Waals surface area contributed by atoms with E-state index in [1.165, 1.54) is 25.7 Å². The van der Waals surface area contributed by atoms with Gasteiger partial charge in [-0.05, 0) is 37.0 Å². The molecule has 0 aliphatic heterocycles. The summed E-state index contributed by atoms with van der Waals surface area (Å²) in [6, 6.07) is 0. The lowest BCUT2D eigenvalue weighted by Crippen LogP contribution is -2.50. The lowest BCUT2D eigenvalue weighted by atomic mass is 9.79. The van der Waals surface area contributed by atoms with Crippen LogP contribution in [0.2, 0.25) is 0 Å². The Morgan fingerprint density at radius 3 is 2.10 bits per heavy atom. The summed E-state index contributed by atoms with van der Waals surface area (Å²) in [6.07, 6.45) is 8.59. The van der Waals surface area contributed by atoms with Crippen molar-refractivity contribution in [2.24, 2.45) is 22.5 Å². The summed E-state index contributed by atoms with van der Waals surface area (Å²) in [5.41, 5.74) is 5.70. The van der Waals surface area contributed by atoms with Crippen LogP contribution in [-0.2, 0) is 4.79 Å². The van der Waals surface area contributed by atoms with Gasteiger partial charge in [-0.3, -0.25) is 4.79 Å². The maximum absolute atomic E-state index is 12.7. The fraction of sp³-hybridized carbons (Fsp3) is 0.875. The predicted molar refractivity (Wildman–Crippen MR) is 86.4 cm³/mol. The van der Waals surface area contributed by atoms with Gasteiger partial charge in [-0.1, -0.05) is 51.7 Å². The third-order valence-electron chi connectivity index (χ3n) is 5.58. The number of carbonyl (C=O) groups is 1. The Balaban J connectivity index is 2.02. The molecule has 2 fully saturated rings. The molecule has 20 heavy (non-hydrogen) atoms. The van der Waals surface area contributed by atoms with E-state index < -0.39 is 5.41 Å². The third-order valence-corrected chi connectivity index (χ3v) is 5.97. The minimum atomic E-state index is -0.584. The topological polar surface area (TPSA) is 55.1 Å². The summed E-state index contributed by atoms with van der Waals surface area (Å²) in [5.74, 6) is 0.705. The van der Waals surface area contributed by atoms with Gasteiger partial charge < -0.3 is 11.1 Å². The molecule has 0 aromatic heterocycles. The molecule has 4 heteroatoms. The van der Waals surface area contributed by atoms with Gasteiger partial charge in [0.1, 0.15) is 0 Å². The van der Waals surface area contributed by atoms with Crippen molar-refractivity contribution in [1.82, 2.24) is 5.32 Å². The number of thiocarbonyl (C=S) groups is 1. The van der Waals surface area contributed by atoms with Gasteiger partial charge >= 0.3 is 0 Å². The summed E-state index contributed by atoms with van der Waals surface area (Å²) in [4.78, 5) is 13.1.